The predicted molar refractivity (Wildman–Crippen MR) is 174 cm³/mol. The number of anilines is 1. The van der Waals surface area contributed by atoms with Gasteiger partial charge in [0.25, 0.3) is 0 Å². The summed E-state index contributed by atoms with van der Waals surface area (Å²) in [6.45, 7) is 5.18. The molecule has 2 aromatic rings. The number of carbonyl (C=O) groups excluding carboxylic acids is 1. The van der Waals surface area contributed by atoms with Crippen LogP contribution < -0.4 is 26.6 Å². The number of rotatable bonds is 19. The van der Waals surface area contributed by atoms with E-state index in [4.69, 9.17) is 4.74 Å². The fraction of sp³-hybridized carbons (Fsp3) is 0.459. The van der Waals surface area contributed by atoms with Crippen LogP contribution in [0.15, 0.2) is 83.6 Å². The summed E-state index contributed by atoms with van der Waals surface area (Å²) in [6, 6.07) is 16.3. The quantitative estimate of drug-likeness (QED) is 0.133. The van der Waals surface area contributed by atoms with Crippen molar-refractivity contribution in [3.05, 3.63) is 96.0 Å². The molecule has 0 radical (unpaired) electrons. The van der Waals surface area contributed by atoms with E-state index in [1.165, 1.54) is 70.6 Å². The molecule has 2 aromatic carbocycles. The van der Waals surface area contributed by atoms with E-state index in [0.717, 1.165) is 47.1 Å². The number of aliphatic imine (C=N–C) groups is 1. The largest absolute Gasteiger partial charge is 1.00 e. The molecule has 2 heterocycles. The van der Waals surface area contributed by atoms with Crippen molar-refractivity contribution in [3.8, 4) is 5.75 Å². The molecule has 1 amide bonds. The van der Waals surface area contributed by atoms with Gasteiger partial charge in [0.1, 0.15) is 5.75 Å². The molecule has 0 atom stereocenters. The Morgan fingerprint density at radius 2 is 1.42 bits per heavy atom. The van der Waals surface area contributed by atoms with Gasteiger partial charge in [-0.1, -0.05) is 107 Å². The van der Waals surface area contributed by atoms with Gasteiger partial charge in [-0.3, -0.25) is 4.79 Å². The normalized spacial score (nSPS) is 13.1. The lowest BCUT2D eigenvalue weighted by molar-refractivity contribution is -0.116. The van der Waals surface area contributed by atoms with Crippen molar-refractivity contribution in [2.24, 2.45) is 4.99 Å². The lowest BCUT2D eigenvalue weighted by atomic mass is 10.1. The highest BCUT2D eigenvalue weighted by molar-refractivity contribution is 5.92. The third kappa shape index (κ3) is 11.4. The van der Waals surface area contributed by atoms with E-state index < -0.39 is 0 Å². The maximum absolute atomic E-state index is 12.5. The van der Waals surface area contributed by atoms with Crippen LogP contribution in [0.4, 0.5) is 5.69 Å². The zero-order valence-corrected chi connectivity index (χ0v) is 27.7. The highest BCUT2D eigenvalue weighted by Gasteiger charge is 2.28. The van der Waals surface area contributed by atoms with Crippen molar-refractivity contribution in [1.29, 1.82) is 0 Å². The van der Waals surface area contributed by atoms with Crippen molar-refractivity contribution in [2.45, 2.75) is 104 Å². The van der Waals surface area contributed by atoms with Crippen molar-refractivity contribution < 1.29 is 26.5 Å². The molecule has 0 aliphatic carbocycles. The Kier molecular flexibility index (Phi) is 15.3. The molecule has 0 fully saturated rings. The smallest absolute Gasteiger partial charge is 0.247 e. The Morgan fingerprint density at radius 3 is 2.05 bits per heavy atom. The third-order valence-electron chi connectivity index (χ3n) is 7.96. The van der Waals surface area contributed by atoms with Crippen LogP contribution in [0.3, 0.4) is 0 Å². The van der Waals surface area contributed by atoms with Crippen LogP contribution in [0.5, 0.6) is 5.75 Å². The lowest BCUT2D eigenvalue weighted by Crippen LogP contribution is -3.00. The van der Waals surface area contributed by atoms with Gasteiger partial charge in [-0.15, -0.1) is 0 Å². The molecular weight excluding hydrogens is 598 g/mol. The first-order valence-corrected chi connectivity index (χ1v) is 16.1. The molecule has 4 rings (SSSR count). The zero-order chi connectivity index (χ0) is 29.4. The molecular formula is C37H48BrN3O2. The van der Waals surface area contributed by atoms with Gasteiger partial charge >= 0.3 is 0 Å². The highest BCUT2D eigenvalue weighted by atomic mass is 79.9. The molecule has 0 aromatic heterocycles. The van der Waals surface area contributed by atoms with Gasteiger partial charge in [-0.05, 0) is 54.0 Å². The Hall–Kier alpha value is -3.21. The number of benzene rings is 2. The second-order valence-corrected chi connectivity index (χ2v) is 11.4. The molecule has 43 heavy (non-hydrogen) atoms. The standard InChI is InChI=1S/C37H48N3O2.BrH/c1-3-4-5-6-7-8-9-10-11-12-13-16-27-42-36-24-20-33(21-25-36)30-40(31(2)41)34-22-18-32(19-23-34)28-37-38-29-35-17-14-15-26-39(35)37;/h14-15,17-26H,3-13,16,27-28,30H2,1-2H3;1H/q+1;/p-1. The summed E-state index contributed by atoms with van der Waals surface area (Å²) in [5.74, 6) is 1.86. The number of fused-ring (bicyclic) bond motifs is 1. The molecule has 230 valence electrons. The van der Waals surface area contributed by atoms with Gasteiger partial charge in [0.15, 0.2) is 6.20 Å². The van der Waals surface area contributed by atoms with Crippen molar-refractivity contribution in [1.82, 2.24) is 4.90 Å². The van der Waals surface area contributed by atoms with E-state index in [-0.39, 0.29) is 22.9 Å². The summed E-state index contributed by atoms with van der Waals surface area (Å²) in [5, 5.41) is 0. The van der Waals surface area contributed by atoms with E-state index in [0.29, 0.717) is 13.0 Å². The summed E-state index contributed by atoms with van der Waals surface area (Å²) in [5.41, 5.74) is 4.07. The molecule has 6 heteroatoms. The number of hydrogen-bond acceptors (Lipinski definition) is 4. The van der Waals surface area contributed by atoms with Gasteiger partial charge in [0.2, 0.25) is 17.4 Å². The Labute approximate surface area is 270 Å². The number of amidine groups is 1. The second-order valence-electron chi connectivity index (χ2n) is 11.4. The number of allylic oxidation sites excluding steroid dienone is 3. The van der Waals surface area contributed by atoms with Gasteiger partial charge in [-0.25, -0.2) is 4.90 Å². The number of amides is 1. The third-order valence-corrected chi connectivity index (χ3v) is 7.96. The van der Waals surface area contributed by atoms with E-state index >= 15 is 0 Å². The van der Waals surface area contributed by atoms with E-state index in [1.54, 1.807) is 6.92 Å². The Balaban J connectivity index is 0.00000506. The summed E-state index contributed by atoms with van der Waals surface area (Å²) >= 11 is 0. The molecule has 0 spiro atoms. The van der Waals surface area contributed by atoms with E-state index in [1.807, 2.05) is 53.6 Å². The first-order chi connectivity index (χ1) is 20.6. The maximum atomic E-state index is 12.5. The Morgan fingerprint density at radius 1 is 0.814 bits per heavy atom. The van der Waals surface area contributed by atoms with Crippen LogP contribution in [-0.2, 0) is 17.8 Å². The molecule has 0 saturated carbocycles. The number of carbonyl (C=O) groups is 1. The number of ether oxygens (including phenoxy) is 1. The molecule has 0 N–H and O–H groups in total. The summed E-state index contributed by atoms with van der Waals surface area (Å²) in [6.07, 6.45) is 27.9. The maximum Gasteiger partial charge on any atom is 0.247 e. The first kappa shape index (κ1) is 34.3. The summed E-state index contributed by atoms with van der Waals surface area (Å²) < 4.78 is 5.98. The zero-order valence-electron chi connectivity index (χ0n) is 26.1. The topological polar surface area (TPSA) is 45.1 Å². The van der Waals surface area contributed by atoms with Crippen LogP contribution in [0.25, 0.3) is 0 Å². The molecule has 0 bridgehead atoms. The van der Waals surface area contributed by atoms with Crippen molar-refractivity contribution in [3.63, 3.8) is 0 Å². The molecule has 2 aliphatic heterocycles. The Bertz CT molecular complexity index is 1230. The number of halogens is 1. The van der Waals surface area contributed by atoms with Gasteiger partial charge in [0, 0.05) is 18.8 Å². The summed E-state index contributed by atoms with van der Waals surface area (Å²) in [7, 11) is 0. The van der Waals surface area contributed by atoms with Crippen molar-refractivity contribution >= 4 is 17.4 Å². The van der Waals surface area contributed by atoms with Gasteiger partial charge in [-0.2, -0.15) is 0 Å². The molecule has 0 saturated heterocycles. The number of hydrogen-bond donors (Lipinski definition) is 0. The van der Waals surface area contributed by atoms with E-state index in [2.05, 4.69) is 47.3 Å². The van der Waals surface area contributed by atoms with Crippen LogP contribution in [0, 0.1) is 6.20 Å². The summed E-state index contributed by atoms with van der Waals surface area (Å²) in [4.78, 5) is 20.9. The number of nitrogens with zero attached hydrogens (tertiary/aromatic N) is 3. The van der Waals surface area contributed by atoms with Crippen LogP contribution >= 0.6 is 0 Å². The lowest BCUT2D eigenvalue weighted by Gasteiger charge is -2.22. The second kappa shape index (κ2) is 19.1. The molecule has 0 unspecified atom stereocenters. The SMILES string of the molecule is CCCCCCCCCCCCCCOc1ccc(CN(C(C)=O)c2ccc(CC3=N[C+]=C4C=CC=CN43)cc2)cc1.[Br-]. The fourth-order valence-electron chi connectivity index (χ4n) is 5.43. The van der Waals surface area contributed by atoms with Crippen molar-refractivity contribution in [2.75, 3.05) is 11.5 Å². The highest BCUT2D eigenvalue weighted by Crippen LogP contribution is 2.24. The first-order valence-electron chi connectivity index (χ1n) is 16.1. The fourth-order valence-corrected chi connectivity index (χ4v) is 5.43. The van der Waals surface area contributed by atoms with Gasteiger partial charge < -0.3 is 26.6 Å². The minimum absolute atomic E-state index is 0. The minimum Gasteiger partial charge on any atom is -1.00 e. The van der Waals surface area contributed by atoms with Crippen LogP contribution in [0.2, 0.25) is 0 Å². The minimum atomic E-state index is 0. The average Bonchev–Trinajstić information content (AvgIpc) is 3.42. The van der Waals surface area contributed by atoms with Crippen LogP contribution in [-0.4, -0.2) is 23.2 Å². The average molecular weight is 647 g/mol. The monoisotopic (exact) mass is 645 g/mol. The van der Waals surface area contributed by atoms with Gasteiger partial charge in [0.05, 0.1) is 25.6 Å². The van der Waals surface area contributed by atoms with Crippen LogP contribution in [0.1, 0.15) is 102 Å². The molecule has 5 nitrogen and oxygen atoms in total. The molecule has 2 aliphatic rings. The predicted octanol–water partition coefficient (Wildman–Crippen LogP) is 6.31. The van der Waals surface area contributed by atoms with E-state index in [9.17, 15) is 4.79 Å². The number of unbranched alkanes of at least 4 members (excludes halogenated alkanes) is 11.